The van der Waals surface area contributed by atoms with E-state index in [0.717, 1.165) is 23.2 Å². The van der Waals surface area contributed by atoms with Gasteiger partial charge in [-0.05, 0) is 25.5 Å². The first-order chi connectivity index (χ1) is 8.13. The molecule has 0 amide bonds. The van der Waals surface area contributed by atoms with Crippen LogP contribution < -0.4 is 5.73 Å². The highest BCUT2D eigenvalue weighted by atomic mass is 35.5. The molecule has 0 aliphatic heterocycles. The molecule has 2 N–H and O–H groups in total. The van der Waals surface area contributed by atoms with Crippen LogP contribution in [0.3, 0.4) is 0 Å². The summed E-state index contributed by atoms with van der Waals surface area (Å²) in [4.78, 5) is 8.78. The molecular weight excluding hydrogens is 234 g/mol. The van der Waals surface area contributed by atoms with Gasteiger partial charge in [0, 0.05) is 16.8 Å². The van der Waals surface area contributed by atoms with Gasteiger partial charge in [0.1, 0.15) is 5.82 Å². The summed E-state index contributed by atoms with van der Waals surface area (Å²) in [7, 11) is 0. The van der Waals surface area contributed by atoms with Gasteiger partial charge in [-0.3, -0.25) is 0 Å². The smallest absolute Gasteiger partial charge is 0.163 e. The molecule has 1 heterocycles. The fourth-order valence-electron chi connectivity index (χ4n) is 1.82. The molecule has 0 unspecified atom stereocenters. The van der Waals surface area contributed by atoms with Crippen molar-refractivity contribution >= 4 is 17.4 Å². The van der Waals surface area contributed by atoms with Gasteiger partial charge in [-0.25, -0.2) is 9.97 Å². The van der Waals surface area contributed by atoms with Crippen molar-refractivity contribution in [2.75, 3.05) is 5.73 Å². The maximum atomic E-state index is 6.12. The van der Waals surface area contributed by atoms with Crippen LogP contribution in [-0.4, -0.2) is 9.97 Å². The second-order valence-corrected chi connectivity index (χ2v) is 4.24. The van der Waals surface area contributed by atoms with Gasteiger partial charge in [-0.15, -0.1) is 0 Å². The SMILES string of the molecule is CCc1c(C)nc(-c2ccccc2Cl)nc1N. The number of nitrogen functional groups attached to an aromatic ring is 1. The Morgan fingerprint density at radius 2 is 1.94 bits per heavy atom. The van der Waals surface area contributed by atoms with E-state index in [1.807, 2.05) is 38.1 Å². The summed E-state index contributed by atoms with van der Waals surface area (Å²) >= 11 is 6.12. The lowest BCUT2D eigenvalue weighted by Gasteiger charge is -2.09. The second-order valence-electron chi connectivity index (χ2n) is 3.83. The molecule has 1 aromatic carbocycles. The van der Waals surface area contributed by atoms with Crippen LogP contribution in [0.25, 0.3) is 11.4 Å². The summed E-state index contributed by atoms with van der Waals surface area (Å²) in [5.74, 6) is 1.12. The van der Waals surface area contributed by atoms with Gasteiger partial charge in [0.2, 0.25) is 0 Å². The van der Waals surface area contributed by atoms with Crippen molar-refractivity contribution in [3.63, 3.8) is 0 Å². The average Bonchev–Trinajstić information content (AvgIpc) is 2.29. The van der Waals surface area contributed by atoms with E-state index in [2.05, 4.69) is 9.97 Å². The number of benzene rings is 1. The highest BCUT2D eigenvalue weighted by Gasteiger charge is 2.11. The Morgan fingerprint density at radius 1 is 1.24 bits per heavy atom. The van der Waals surface area contributed by atoms with Crippen molar-refractivity contribution in [1.29, 1.82) is 0 Å². The quantitative estimate of drug-likeness (QED) is 0.886. The Bertz CT molecular complexity index is 529. The Balaban J connectivity index is 2.59. The third-order valence-electron chi connectivity index (χ3n) is 2.71. The van der Waals surface area contributed by atoms with E-state index < -0.39 is 0 Å². The van der Waals surface area contributed by atoms with E-state index in [4.69, 9.17) is 17.3 Å². The molecule has 0 saturated heterocycles. The van der Waals surface area contributed by atoms with Crippen LogP contribution in [0.15, 0.2) is 24.3 Å². The summed E-state index contributed by atoms with van der Waals surface area (Å²) in [5.41, 5.74) is 8.65. The van der Waals surface area contributed by atoms with E-state index in [1.165, 1.54) is 0 Å². The fraction of sp³-hybridized carbons (Fsp3) is 0.231. The van der Waals surface area contributed by atoms with E-state index in [0.29, 0.717) is 16.7 Å². The first-order valence-electron chi connectivity index (χ1n) is 5.51. The zero-order chi connectivity index (χ0) is 12.4. The van der Waals surface area contributed by atoms with Gasteiger partial charge < -0.3 is 5.73 Å². The number of aromatic nitrogens is 2. The molecule has 0 atom stereocenters. The fourth-order valence-corrected chi connectivity index (χ4v) is 2.04. The first kappa shape index (κ1) is 11.9. The van der Waals surface area contributed by atoms with Crippen molar-refractivity contribution < 1.29 is 0 Å². The van der Waals surface area contributed by atoms with E-state index in [9.17, 15) is 0 Å². The number of aryl methyl sites for hydroxylation is 1. The third kappa shape index (κ3) is 2.24. The van der Waals surface area contributed by atoms with Crippen LogP contribution in [0.2, 0.25) is 5.02 Å². The van der Waals surface area contributed by atoms with E-state index in [-0.39, 0.29) is 0 Å². The predicted octanol–water partition coefficient (Wildman–Crippen LogP) is 3.25. The minimum absolute atomic E-state index is 0.537. The van der Waals surface area contributed by atoms with Gasteiger partial charge >= 0.3 is 0 Å². The van der Waals surface area contributed by atoms with Crippen molar-refractivity contribution in [3.8, 4) is 11.4 Å². The molecule has 0 radical (unpaired) electrons. The zero-order valence-corrected chi connectivity index (χ0v) is 10.6. The summed E-state index contributed by atoms with van der Waals surface area (Å²) in [6.45, 7) is 3.98. The minimum atomic E-state index is 0.537. The minimum Gasteiger partial charge on any atom is -0.383 e. The molecular formula is C13H14ClN3. The predicted molar refractivity (Wildman–Crippen MR) is 71.0 cm³/mol. The maximum Gasteiger partial charge on any atom is 0.163 e. The lowest BCUT2D eigenvalue weighted by molar-refractivity contribution is 1.01. The van der Waals surface area contributed by atoms with Gasteiger partial charge in [-0.2, -0.15) is 0 Å². The molecule has 0 aliphatic rings. The molecule has 0 spiro atoms. The van der Waals surface area contributed by atoms with Crippen LogP contribution in [-0.2, 0) is 6.42 Å². The van der Waals surface area contributed by atoms with Crippen LogP contribution in [0, 0.1) is 6.92 Å². The number of hydrogen-bond acceptors (Lipinski definition) is 3. The Hall–Kier alpha value is -1.61. The van der Waals surface area contributed by atoms with Crippen LogP contribution in [0.5, 0.6) is 0 Å². The Kier molecular flexibility index (Phi) is 3.29. The van der Waals surface area contributed by atoms with Crippen LogP contribution in [0.1, 0.15) is 18.2 Å². The number of nitrogens with zero attached hydrogens (tertiary/aromatic N) is 2. The highest BCUT2D eigenvalue weighted by molar-refractivity contribution is 6.33. The largest absolute Gasteiger partial charge is 0.383 e. The molecule has 2 rings (SSSR count). The number of nitrogens with two attached hydrogens (primary N) is 1. The van der Waals surface area contributed by atoms with Gasteiger partial charge in [0.25, 0.3) is 0 Å². The maximum absolute atomic E-state index is 6.12. The molecule has 4 heteroatoms. The Labute approximate surface area is 106 Å². The van der Waals surface area contributed by atoms with Crippen LogP contribution >= 0.6 is 11.6 Å². The molecule has 0 saturated carbocycles. The van der Waals surface area contributed by atoms with Gasteiger partial charge in [0.15, 0.2) is 5.82 Å². The number of anilines is 1. The standard InChI is InChI=1S/C13H14ClN3/c1-3-9-8(2)16-13(17-12(9)15)10-6-4-5-7-11(10)14/h4-7H,3H2,1-2H3,(H2,15,16,17). The normalized spacial score (nSPS) is 10.5. The molecule has 17 heavy (non-hydrogen) atoms. The van der Waals surface area contributed by atoms with Crippen molar-refractivity contribution in [2.24, 2.45) is 0 Å². The number of hydrogen-bond donors (Lipinski definition) is 1. The molecule has 0 aliphatic carbocycles. The number of rotatable bonds is 2. The average molecular weight is 248 g/mol. The first-order valence-corrected chi connectivity index (χ1v) is 5.89. The van der Waals surface area contributed by atoms with Crippen LogP contribution in [0.4, 0.5) is 5.82 Å². The number of halogens is 1. The molecule has 0 fully saturated rings. The summed E-state index contributed by atoms with van der Waals surface area (Å²) in [5, 5.41) is 0.635. The van der Waals surface area contributed by atoms with Crippen molar-refractivity contribution in [2.45, 2.75) is 20.3 Å². The summed E-state index contributed by atoms with van der Waals surface area (Å²) in [6.07, 6.45) is 0.834. The van der Waals surface area contributed by atoms with Crippen molar-refractivity contribution in [1.82, 2.24) is 9.97 Å². The third-order valence-corrected chi connectivity index (χ3v) is 3.04. The summed E-state index contributed by atoms with van der Waals surface area (Å²) in [6, 6.07) is 7.49. The monoisotopic (exact) mass is 247 g/mol. The van der Waals surface area contributed by atoms with Crippen molar-refractivity contribution in [3.05, 3.63) is 40.5 Å². The van der Waals surface area contributed by atoms with Gasteiger partial charge in [-0.1, -0.05) is 30.7 Å². The summed E-state index contributed by atoms with van der Waals surface area (Å²) < 4.78 is 0. The molecule has 3 nitrogen and oxygen atoms in total. The molecule has 0 bridgehead atoms. The lowest BCUT2D eigenvalue weighted by atomic mass is 10.1. The van der Waals surface area contributed by atoms with E-state index >= 15 is 0 Å². The molecule has 1 aromatic heterocycles. The van der Waals surface area contributed by atoms with E-state index in [1.54, 1.807) is 0 Å². The lowest BCUT2D eigenvalue weighted by Crippen LogP contribution is -2.04. The highest BCUT2D eigenvalue weighted by Crippen LogP contribution is 2.26. The topological polar surface area (TPSA) is 51.8 Å². The zero-order valence-electron chi connectivity index (χ0n) is 9.87. The second kappa shape index (κ2) is 4.72. The Morgan fingerprint density at radius 3 is 2.53 bits per heavy atom. The van der Waals surface area contributed by atoms with Gasteiger partial charge in [0.05, 0.1) is 5.02 Å². The molecule has 88 valence electrons. The molecule has 2 aromatic rings.